The predicted octanol–water partition coefficient (Wildman–Crippen LogP) is 3.68. The summed E-state index contributed by atoms with van der Waals surface area (Å²) >= 11 is 11.5. The summed E-state index contributed by atoms with van der Waals surface area (Å²) in [6, 6.07) is 4.64. The van der Waals surface area contributed by atoms with Crippen LogP contribution in [0.3, 0.4) is 0 Å². The van der Waals surface area contributed by atoms with E-state index in [4.69, 9.17) is 28.3 Å². The van der Waals surface area contributed by atoms with Crippen molar-refractivity contribution in [3.63, 3.8) is 0 Å². The quantitative estimate of drug-likeness (QED) is 0.834. The number of hydrogen-bond donors (Lipinski definition) is 1. The second-order valence-electron chi connectivity index (χ2n) is 3.83. The average Bonchev–Trinajstić information content (AvgIpc) is 2.28. The Morgan fingerprint density at radius 1 is 1.29 bits per heavy atom. The molecule has 0 fully saturated rings. The standard InChI is InChI=1S/C12H12Cl2O3/c1-7(12(16)17)2-5-11(15)8-3-4-9(13)10(14)6-8/h3-4,6-7H,2,5H2,1H3,(H,16,17)/t7-/m1/s1. The maximum absolute atomic E-state index is 11.7. The van der Waals surface area contributed by atoms with Gasteiger partial charge in [-0.05, 0) is 24.6 Å². The fourth-order valence-electron chi connectivity index (χ4n) is 1.28. The SMILES string of the molecule is C[C@H](CCC(=O)c1ccc(Cl)c(Cl)c1)C(=O)O. The van der Waals surface area contributed by atoms with Gasteiger partial charge < -0.3 is 5.11 Å². The lowest BCUT2D eigenvalue weighted by atomic mass is 10.0. The van der Waals surface area contributed by atoms with Gasteiger partial charge in [0, 0.05) is 12.0 Å². The number of benzene rings is 1. The zero-order chi connectivity index (χ0) is 13.0. The third-order valence-electron chi connectivity index (χ3n) is 2.47. The van der Waals surface area contributed by atoms with Crippen molar-refractivity contribution < 1.29 is 14.7 Å². The van der Waals surface area contributed by atoms with Crippen LogP contribution in [0.1, 0.15) is 30.1 Å². The molecule has 0 aromatic heterocycles. The van der Waals surface area contributed by atoms with Crippen molar-refractivity contribution >= 4 is 35.0 Å². The molecule has 0 bridgehead atoms. The smallest absolute Gasteiger partial charge is 0.306 e. The van der Waals surface area contributed by atoms with Gasteiger partial charge in [0.25, 0.3) is 0 Å². The first-order valence-corrected chi connectivity index (χ1v) is 5.88. The van der Waals surface area contributed by atoms with Crippen LogP contribution >= 0.6 is 23.2 Å². The number of carboxylic acid groups (broad SMARTS) is 1. The fourth-order valence-corrected chi connectivity index (χ4v) is 1.58. The van der Waals surface area contributed by atoms with Gasteiger partial charge in [0.2, 0.25) is 0 Å². The summed E-state index contributed by atoms with van der Waals surface area (Å²) in [6.45, 7) is 1.57. The highest BCUT2D eigenvalue weighted by molar-refractivity contribution is 6.42. The lowest BCUT2D eigenvalue weighted by molar-refractivity contribution is -0.141. The van der Waals surface area contributed by atoms with Gasteiger partial charge in [0.1, 0.15) is 0 Å². The number of aliphatic carboxylic acids is 1. The molecular weight excluding hydrogens is 263 g/mol. The second kappa shape index (κ2) is 6.03. The van der Waals surface area contributed by atoms with Gasteiger partial charge in [-0.3, -0.25) is 9.59 Å². The highest BCUT2D eigenvalue weighted by Crippen LogP contribution is 2.23. The van der Waals surface area contributed by atoms with Crippen molar-refractivity contribution in [1.82, 2.24) is 0 Å². The van der Waals surface area contributed by atoms with Crippen LogP contribution < -0.4 is 0 Å². The molecule has 0 aliphatic rings. The first kappa shape index (κ1) is 14.0. The first-order chi connectivity index (χ1) is 7.91. The third kappa shape index (κ3) is 4.02. The monoisotopic (exact) mass is 274 g/mol. The zero-order valence-corrected chi connectivity index (χ0v) is 10.8. The van der Waals surface area contributed by atoms with Crippen LogP contribution in [0.4, 0.5) is 0 Å². The summed E-state index contributed by atoms with van der Waals surface area (Å²) < 4.78 is 0. The Bertz CT molecular complexity index is 443. The van der Waals surface area contributed by atoms with Crippen LogP contribution in [0.15, 0.2) is 18.2 Å². The van der Waals surface area contributed by atoms with Gasteiger partial charge in [-0.2, -0.15) is 0 Å². The topological polar surface area (TPSA) is 54.4 Å². The van der Waals surface area contributed by atoms with Crippen LogP contribution in [0.2, 0.25) is 10.0 Å². The molecule has 3 nitrogen and oxygen atoms in total. The molecule has 0 heterocycles. The molecule has 0 saturated carbocycles. The highest BCUT2D eigenvalue weighted by Gasteiger charge is 2.14. The van der Waals surface area contributed by atoms with E-state index in [1.165, 1.54) is 6.07 Å². The van der Waals surface area contributed by atoms with E-state index in [0.717, 1.165) is 0 Å². The number of hydrogen-bond acceptors (Lipinski definition) is 2. The molecular formula is C12H12Cl2O3. The Kier molecular flexibility index (Phi) is 4.97. The summed E-state index contributed by atoms with van der Waals surface area (Å²) in [7, 11) is 0. The molecule has 0 unspecified atom stereocenters. The average molecular weight is 275 g/mol. The van der Waals surface area contributed by atoms with Gasteiger partial charge in [-0.1, -0.05) is 30.1 Å². The van der Waals surface area contributed by atoms with Crippen LogP contribution in [-0.4, -0.2) is 16.9 Å². The number of Topliss-reactive ketones (excluding diaryl/α,β-unsaturated/α-hetero) is 1. The van der Waals surface area contributed by atoms with Crippen molar-refractivity contribution in [2.24, 2.45) is 5.92 Å². The Morgan fingerprint density at radius 3 is 2.47 bits per heavy atom. The molecule has 5 heteroatoms. The van der Waals surface area contributed by atoms with Crippen molar-refractivity contribution in [1.29, 1.82) is 0 Å². The molecule has 1 aromatic carbocycles. The minimum atomic E-state index is -0.896. The molecule has 92 valence electrons. The van der Waals surface area contributed by atoms with E-state index < -0.39 is 11.9 Å². The van der Waals surface area contributed by atoms with Gasteiger partial charge in [-0.15, -0.1) is 0 Å². The Balaban J connectivity index is 2.64. The van der Waals surface area contributed by atoms with Crippen molar-refractivity contribution in [2.75, 3.05) is 0 Å². The van der Waals surface area contributed by atoms with Crippen molar-refractivity contribution in [3.05, 3.63) is 33.8 Å². The summed E-state index contributed by atoms with van der Waals surface area (Å²) in [4.78, 5) is 22.3. The normalized spacial score (nSPS) is 12.2. The number of carboxylic acids is 1. The zero-order valence-electron chi connectivity index (χ0n) is 9.24. The molecule has 0 aliphatic carbocycles. The summed E-state index contributed by atoms with van der Waals surface area (Å²) in [5.41, 5.74) is 0.456. The van der Waals surface area contributed by atoms with Crippen molar-refractivity contribution in [2.45, 2.75) is 19.8 Å². The first-order valence-electron chi connectivity index (χ1n) is 5.13. The lowest BCUT2D eigenvalue weighted by Gasteiger charge is -2.06. The van der Waals surface area contributed by atoms with Crippen LogP contribution in [0.5, 0.6) is 0 Å². The number of carbonyl (C=O) groups excluding carboxylic acids is 1. The van der Waals surface area contributed by atoms with Crippen LogP contribution in [0.25, 0.3) is 0 Å². The molecule has 1 N–H and O–H groups in total. The van der Waals surface area contributed by atoms with Crippen LogP contribution in [-0.2, 0) is 4.79 Å². The minimum absolute atomic E-state index is 0.128. The Labute approximate surface area is 109 Å². The van der Waals surface area contributed by atoms with E-state index in [2.05, 4.69) is 0 Å². The Hall–Kier alpha value is -1.06. The molecule has 0 aliphatic heterocycles. The maximum atomic E-state index is 11.7. The van der Waals surface area contributed by atoms with Crippen LogP contribution in [0, 0.1) is 5.92 Å². The number of carbonyl (C=O) groups is 2. The van der Waals surface area contributed by atoms with Gasteiger partial charge in [0.15, 0.2) is 5.78 Å². The Morgan fingerprint density at radius 2 is 1.94 bits per heavy atom. The molecule has 1 rings (SSSR count). The van der Waals surface area contributed by atoms with Gasteiger partial charge >= 0.3 is 5.97 Å². The van der Waals surface area contributed by atoms with E-state index in [0.29, 0.717) is 22.0 Å². The molecule has 17 heavy (non-hydrogen) atoms. The summed E-state index contributed by atoms with van der Waals surface area (Å²) in [6.07, 6.45) is 0.500. The second-order valence-corrected chi connectivity index (χ2v) is 4.64. The van der Waals surface area contributed by atoms with E-state index in [-0.39, 0.29) is 12.2 Å². The molecule has 0 radical (unpaired) electrons. The fraction of sp³-hybridized carbons (Fsp3) is 0.333. The highest BCUT2D eigenvalue weighted by atomic mass is 35.5. The molecule has 1 atom stereocenters. The van der Waals surface area contributed by atoms with Crippen molar-refractivity contribution in [3.8, 4) is 0 Å². The number of rotatable bonds is 5. The maximum Gasteiger partial charge on any atom is 0.306 e. The summed E-state index contributed by atoms with van der Waals surface area (Å²) in [5, 5.41) is 9.41. The predicted molar refractivity (Wildman–Crippen MR) is 66.8 cm³/mol. The van der Waals surface area contributed by atoms with E-state index in [9.17, 15) is 9.59 Å². The molecule has 0 amide bonds. The number of ketones is 1. The summed E-state index contributed by atoms with van der Waals surface area (Å²) in [5.74, 6) is -1.55. The molecule has 0 saturated heterocycles. The number of halogens is 2. The third-order valence-corrected chi connectivity index (χ3v) is 3.21. The molecule has 0 spiro atoms. The minimum Gasteiger partial charge on any atom is -0.481 e. The largest absolute Gasteiger partial charge is 0.481 e. The van der Waals surface area contributed by atoms with Gasteiger partial charge in [-0.25, -0.2) is 0 Å². The van der Waals surface area contributed by atoms with E-state index in [1.54, 1.807) is 19.1 Å². The lowest BCUT2D eigenvalue weighted by Crippen LogP contribution is -2.11. The van der Waals surface area contributed by atoms with E-state index >= 15 is 0 Å². The van der Waals surface area contributed by atoms with Gasteiger partial charge in [0.05, 0.1) is 16.0 Å². The van der Waals surface area contributed by atoms with E-state index in [1.807, 2.05) is 0 Å². The molecule has 1 aromatic rings.